The van der Waals surface area contributed by atoms with Crippen LogP contribution in [0.15, 0.2) is 4.42 Å². The molecule has 1 unspecified atom stereocenters. The molecule has 2 heterocycles. The highest BCUT2D eigenvalue weighted by atomic mass is 16.5. The Kier molecular flexibility index (Phi) is 4.54. The van der Waals surface area contributed by atoms with Crippen molar-refractivity contribution in [3.63, 3.8) is 0 Å². The topological polar surface area (TPSA) is 63.4 Å². The van der Waals surface area contributed by atoms with E-state index in [1.54, 1.807) is 0 Å². The van der Waals surface area contributed by atoms with Crippen LogP contribution in [-0.2, 0) is 16.7 Å². The third kappa shape index (κ3) is 3.99. The van der Waals surface area contributed by atoms with Crippen molar-refractivity contribution in [2.45, 2.75) is 38.8 Å². The molecule has 19 heavy (non-hydrogen) atoms. The summed E-state index contributed by atoms with van der Waals surface area (Å²) < 4.78 is 11.4. The molecule has 0 aromatic carbocycles. The van der Waals surface area contributed by atoms with Gasteiger partial charge in [-0.25, -0.2) is 0 Å². The molecule has 0 bridgehead atoms. The van der Waals surface area contributed by atoms with Gasteiger partial charge in [-0.3, -0.25) is 4.90 Å². The summed E-state index contributed by atoms with van der Waals surface area (Å²) in [4.78, 5) is 2.30. The Hall–Kier alpha value is -0.980. The molecule has 0 amide bonds. The van der Waals surface area contributed by atoms with E-state index in [2.05, 4.69) is 41.2 Å². The molecule has 0 aliphatic carbocycles. The highest BCUT2D eigenvalue weighted by Crippen LogP contribution is 2.21. The van der Waals surface area contributed by atoms with E-state index in [1.807, 2.05) is 7.05 Å². The molecule has 1 aliphatic heterocycles. The molecule has 1 N–H and O–H groups in total. The molecule has 6 nitrogen and oxygen atoms in total. The van der Waals surface area contributed by atoms with Gasteiger partial charge in [0.2, 0.25) is 11.8 Å². The quantitative estimate of drug-likeness (QED) is 0.871. The molecule has 1 saturated heterocycles. The Morgan fingerprint density at radius 3 is 2.79 bits per heavy atom. The van der Waals surface area contributed by atoms with Gasteiger partial charge in [-0.05, 0) is 7.05 Å². The smallest absolute Gasteiger partial charge is 0.230 e. The van der Waals surface area contributed by atoms with Crippen molar-refractivity contribution in [1.29, 1.82) is 0 Å². The molecular weight excluding hydrogens is 244 g/mol. The van der Waals surface area contributed by atoms with Crippen molar-refractivity contribution in [1.82, 2.24) is 20.4 Å². The third-order valence-electron chi connectivity index (χ3n) is 3.12. The number of hydrogen-bond acceptors (Lipinski definition) is 6. The van der Waals surface area contributed by atoms with Gasteiger partial charge >= 0.3 is 0 Å². The summed E-state index contributed by atoms with van der Waals surface area (Å²) >= 11 is 0. The highest BCUT2D eigenvalue weighted by Gasteiger charge is 2.24. The number of hydrogen-bond donors (Lipinski definition) is 1. The Bertz CT molecular complexity index is 398. The van der Waals surface area contributed by atoms with E-state index < -0.39 is 0 Å². The molecule has 1 aliphatic rings. The van der Waals surface area contributed by atoms with Crippen LogP contribution in [0.1, 0.15) is 32.6 Å². The van der Waals surface area contributed by atoms with Gasteiger partial charge in [0.15, 0.2) is 0 Å². The molecule has 1 aromatic heterocycles. The van der Waals surface area contributed by atoms with Crippen LogP contribution in [0.5, 0.6) is 0 Å². The first-order valence-corrected chi connectivity index (χ1v) is 6.80. The van der Waals surface area contributed by atoms with E-state index in [1.165, 1.54) is 0 Å². The van der Waals surface area contributed by atoms with E-state index >= 15 is 0 Å². The molecule has 1 atom stereocenters. The zero-order valence-corrected chi connectivity index (χ0v) is 12.3. The van der Waals surface area contributed by atoms with Crippen molar-refractivity contribution in [2.75, 3.05) is 33.3 Å². The zero-order valence-electron chi connectivity index (χ0n) is 12.3. The summed E-state index contributed by atoms with van der Waals surface area (Å²) in [6.45, 7) is 10.3. The fourth-order valence-electron chi connectivity index (χ4n) is 2.09. The molecule has 0 spiro atoms. The first-order chi connectivity index (χ1) is 8.99. The second kappa shape index (κ2) is 5.98. The van der Waals surface area contributed by atoms with Gasteiger partial charge in [0.25, 0.3) is 0 Å². The number of nitrogens with zero attached hydrogens (tertiary/aromatic N) is 3. The molecule has 1 fully saturated rings. The minimum Gasteiger partial charge on any atom is -0.423 e. The first kappa shape index (κ1) is 14.4. The predicted octanol–water partition coefficient (Wildman–Crippen LogP) is 0.787. The van der Waals surface area contributed by atoms with Crippen LogP contribution in [0.25, 0.3) is 0 Å². The van der Waals surface area contributed by atoms with Crippen LogP contribution in [0.2, 0.25) is 0 Å². The van der Waals surface area contributed by atoms with Crippen LogP contribution in [-0.4, -0.2) is 54.5 Å². The number of aromatic nitrogens is 2. The van der Waals surface area contributed by atoms with Gasteiger partial charge in [0, 0.05) is 25.0 Å². The van der Waals surface area contributed by atoms with E-state index in [0.29, 0.717) is 18.3 Å². The maximum atomic E-state index is 5.73. The summed E-state index contributed by atoms with van der Waals surface area (Å²) in [5, 5.41) is 11.4. The lowest BCUT2D eigenvalue weighted by Gasteiger charge is -2.31. The van der Waals surface area contributed by atoms with E-state index in [0.717, 1.165) is 26.2 Å². The zero-order chi connectivity index (χ0) is 13.9. The molecule has 1 aromatic rings. The molecule has 6 heteroatoms. The minimum absolute atomic E-state index is 0.0923. The number of likely N-dealkylation sites (N-methyl/N-ethyl adjacent to an activating group) is 1. The third-order valence-corrected chi connectivity index (χ3v) is 3.12. The predicted molar refractivity (Wildman–Crippen MR) is 71.9 cm³/mol. The van der Waals surface area contributed by atoms with Crippen molar-refractivity contribution < 1.29 is 9.15 Å². The molecule has 108 valence electrons. The lowest BCUT2D eigenvalue weighted by Crippen LogP contribution is -2.45. The number of rotatable bonds is 4. The highest BCUT2D eigenvalue weighted by molar-refractivity contribution is 4.96. The summed E-state index contributed by atoms with van der Waals surface area (Å²) in [6.07, 6.45) is 0.240. The van der Waals surface area contributed by atoms with Crippen molar-refractivity contribution in [2.24, 2.45) is 0 Å². The second-order valence-corrected chi connectivity index (χ2v) is 6.04. The van der Waals surface area contributed by atoms with Gasteiger partial charge in [0.05, 0.1) is 19.3 Å². The van der Waals surface area contributed by atoms with Crippen molar-refractivity contribution in [3.8, 4) is 0 Å². The van der Waals surface area contributed by atoms with Crippen LogP contribution in [0.3, 0.4) is 0 Å². The average molecular weight is 268 g/mol. The summed E-state index contributed by atoms with van der Waals surface area (Å²) in [5.41, 5.74) is -0.0923. The van der Waals surface area contributed by atoms with Crippen molar-refractivity contribution in [3.05, 3.63) is 11.8 Å². The Morgan fingerprint density at radius 2 is 2.16 bits per heavy atom. The largest absolute Gasteiger partial charge is 0.423 e. The van der Waals surface area contributed by atoms with E-state index in [-0.39, 0.29) is 11.5 Å². The van der Waals surface area contributed by atoms with Crippen LogP contribution < -0.4 is 5.32 Å². The number of morpholine rings is 1. The minimum atomic E-state index is -0.0923. The van der Waals surface area contributed by atoms with Crippen molar-refractivity contribution >= 4 is 0 Å². The monoisotopic (exact) mass is 268 g/mol. The van der Waals surface area contributed by atoms with Crippen LogP contribution >= 0.6 is 0 Å². The fraction of sp³-hybridized carbons (Fsp3) is 0.846. The lowest BCUT2D eigenvalue weighted by atomic mass is 9.97. The maximum absolute atomic E-state index is 5.73. The standard InChI is InChI=1S/C13H24N4O2/c1-13(2,3)12-16-15-11(19-12)9-17-5-6-18-10(8-17)7-14-4/h10,14H,5-9H2,1-4H3. The van der Waals surface area contributed by atoms with Gasteiger partial charge < -0.3 is 14.5 Å². The average Bonchev–Trinajstić information content (AvgIpc) is 2.78. The van der Waals surface area contributed by atoms with Gasteiger partial charge in [-0.2, -0.15) is 0 Å². The molecule has 0 radical (unpaired) electrons. The number of nitrogens with one attached hydrogen (secondary N) is 1. The van der Waals surface area contributed by atoms with Gasteiger partial charge in [0.1, 0.15) is 0 Å². The summed E-state index contributed by atoms with van der Waals surface area (Å²) in [5.74, 6) is 1.39. The van der Waals surface area contributed by atoms with Crippen LogP contribution in [0, 0.1) is 0 Å². The van der Waals surface area contributed by atoms with Crippen LogP contribution in [0.4, 0.5) is 0 Å². The number of ether oxygens (including phenoxy) is 1. The van der Waals surface area contributed by atoms with Gasteiger partial charge in [-0.1, -0.05) is 20.8 Å². The lowest BCUT2D eigenvalue weighted by molar-refractivity contribution is -0.0315. The van der Waals surface area contributed by atoms with E-state index in [4.69, 9.17) is 9.15 Å². The normalized spacial score (nSPS) is 21.8. The Balaban J connectivity index is 1.92. The Labute approximate surface area is 114 Å². The Morgan fingerprint density at radius 1 is 1.37 bits per heavy atom. The first-order valence-electron chi connectivity index (χ1n) is 6.80. The fourth-order valence-corrected chi connectivity index (χ4v) is 2.09. The molecule has 0 saturated carbocycles. The SMILES string of the molecule is CNCC1CN(Cc2nnc(C(C)(C)C)o2)CCO1. The summed E-state index contributed by atoms with van der Waals surface area (Å²) in [6, 6.07) is 0. The molecular formula is C13H24N4O2. The van der Waals surface area contributed by atoms with E-state index in [9.17, 15) is 0 Å². The second-order valence-electron chi connectivity index (χ2n) is 6.04. The molecule has 2 rings (SSSR count). The summed E-state index contributed by atoms with van der Waals surface area (Å²) in [7, 11) is 1.94. The maximum Gasteiger partial charge on any atom is 0.230 e. The van der Waals surface area contributed by atoms with Gasteiger partial charge in [-0.15, -0.1) is 10.2 Å².